The monoisotopic (exact) mass is 356 g/mol. The maximum atomic E-state index is 13.7. The molecule has 2 rings (SSSR count). The maximum Gasteiger partial charge on any atom is 0.254 e. The van der Waals surface area contributed by atoms with Gasteiger partial charge in [0, 0.05) is 26.1 Å². The molecule has 114 valence electrons. The zero-order valence-corrected chi connectivity index (χ0v) is 13.3. The van der Waals surface area contributed by atoms with E-state index in [1.54, 1.807) is 6.07 Å². The lowest BCUT2D eigenvalue weighted by Crippen LogP contribution is -2.37. The largest absolute Gasteiger partial charge is 0.351 e. The van der Waals surface area contributed by atoms with Crippen molar-refractivity contribution in [3.05, 3.63) is 34.1 Å². The molecule has 1 N–H and O–H groups in total. The van der Waals surface area contributed by atoms with Crippen LogP contribution in [0.2, 0.25) is 0 Å². The van der Waals surface area contributed by atoms with Gasteiger partial charge in [-0.1, -0.05) is 6.07 Å². The number of hydrogen-bond donors (Lipinski definition) is 1. The fraction of sp³-hybridized carbons (Fsp3) is 0.467. The summed E-state index contributed by atoms with van der Waals surface area (Å²) in [6.45, 7) is 1.82. The SMILES string of the molecule is O=C(NCCC(=O)N1CCCCC1)c1cccc(Br)c1F. The lowest BCUT2D eigenvalue weighted by atomic mass is 10.1. The van der Waals surface area contributed by atoms with E-state index in [1.165, 1.54) is 18.6 Å². The van der Waals surface area contributed by atoms with Gasteiger partial charge in [-0.25, -0.2) is 4.39 Å². The van der Waals surface area contributed by atoms with Crippen LogP contribution < -0.4 is 5.32 Å². The van der Waals surface area contributed by atoms with E-state index in [0.29, 0.717) is 0 Å². The van der Waals surface area contributed by atoms with Crippen LogP contribution in [0.1, 0.15) is 36.0 Å². The molecule has 2 amide bonds. The van der Waals surface area contributed by atoms with E-state index in [0.717, 1.165) is 25.9 Å². The number of piperidine rings is 1. The van der Waals surface area contributed by atoms with Crippen molar-refractivity contribution in [2.45, 2.75) is 25.7 Å². The first-order chi connectivity index (χ1) is 10.1. The van der Waals surface area contributed by atoms with Gasteiger partial charge < -0.3 is 10.2 Å². The molecule has 1 fully saturated rings. The van der Waals surface area contributed by atoms with E-state index in [-0.39, 0.29) is 28.9 Å². The van der Waals surface area contributed by atoms with Crippen LogP contribution in [0.25, 0.3) is 0 Å². The van der Waals surface area contributed by atoms with Crippen molar-refractivity contribution in [3.63, 3.8) is 0 Å². The van der Waals surface area contributed by atoms with E-state index in [4.69, 9.17) is 0 Å². The third-order valence-corrected chi connectivity index (χ3v) is 4.14. The Bertz CT molecular complexity index is 530. The lowest BCUT2D eigenvalue weighted by molar-refractivity contribution is -0.131. The third kappa shape index (κ3) is 4.27. The molecule has 0 aromatic heterocycles. The fourth-order valence-electron chi connectivity index (χ4n) is 2.36. The Kier molecular flexibility index (Phi) is 5.73. The van der Waals surface area contributed by atoms with Gasteiger partial charge in [0.05, 0.1) is 10.0 Å². The van der Waals surface area contributed by atoms with Crippen molar-refractivity contribution in [1.82, 2.24) is 10.2 Å². The van der Waals surface area contributed by atoms with Crippen molar-refractivity contribution in [3.8, 4) is 0 Å². The number of carbonyl (C=O) groups is 2. The van der Waals surface area contributed by atoms with Crippen molar-refractivity contribution in [2.24, 2.45) is 0 Å². The predicted octanol–water partition coefficient (Wildman–Crippen LogP) is 2.72. The van der Waals surface area contributed by atoms with Gasteiger partial charge in [-0.15, -0.1) is 0 Å². The van der Waals surface area contributed by atoms with Gasteiger partial charge in [0.1, 0.15) is 5.82 Å². The second kappa shape index (κ2) is 7.54. The summed E-state index contributed by atoms with van der Waals surface area (Å²) in [4.78, 5) is 25.6. The highest BCUT2D eigenvalue weighted by Crippen LogP contribution is 2.18. The molecular weight excluding hydrogens is 339 g/mol. The van der Waals surface area contributed by atoms with Gasteiger partial charge >= 0.3 is 0 Å². The Morgan fingerprint density at radius 1 is 1.24 bits per heavy atom. The first-order valence-corrected chi connectivity index (χ1v) is 7.89. The number of nitrogens with one attached hydrogen (secondary N) is 1. The highest BCUT2D eigenvalue weighted by molar-refractivity contribution is 9.10. The third-order valence-electron chi connectivity index (χ3n) is 3.53. The quantitative estimate of drug-likeness (QED) is 0.901. The molecule has 1 aliphatic heterocycles. The van der Waals surface area contributed by atoms with Crippen LogP contribution in [0.3, 0.4) is 0 Å². The molecule has 4 nitrogen and oxygen atoms in total. The standard InChI is InChI=1S/C15H18BrFN2O2/c16-12-6-4-5-11(14(12)17)15(21)18-8-7-13(20)19-9-2-1-3-10-19/h4-6H,1-3,7-10H2,(H,18,21). The van der Waals surface area contributed by atoms with Crippen molar-refractivity contribution < 1.29 is 14.0 Å². The Labute approximate surface area is 131 Å². The van der Waals surface area contributed by atoms with E-state index < -0.39 is 11.7 Å². The number of amides is 2. The minimum absolute atomic E-state index is 0.0187. The van der Waals surface area contributed by atoms with Crippen LogP contribution in [0.15, 0.2) is 22.7 Å². The van der Waals surface area contributed by atoms with E-state index in [2.05, 4.69) is 21.2 Å². The van der Waals surface area contributed by atoms with Gasteiger partial charge in [-0.3, -0.25) is 9.59 Å². The molecule has 1 saturated heterocycles. The summed E-state index contributed by atoms with van der Waals surface area (Å²) in [7, 11) is 0. The van der Waals surface area contributed by atoms with E-state index >= 15 is 0 Å². The van der Waals surface area contributed by atoms with Gasteiger partial charge in [0.2, 0.25) is 5.91 Å². The molecule has 1 aromatic carbocycles. The molecule has 1 aliphatic rings. The number of likely N-dealkylation sites (tertiary alicyclic amines) is 1. The van der Waals surface area contributed by atoms with E-state index in [9.17, 15) is 14.0 Å². The van der Waals surface area contributed by atoms with Crippen molar-refractivity contribution in [1.29, 1.82) is 0 Å². The number of carbonyl (C=O) groups excluding carboxylic acids is 2. The zero-order chi connectivity index (χ0) is 15.2. The topological polar surface area (TPSA) is 49.4 Å². The average Bonchev–Trinajstić information content (AvgIpc) is 2.50. The summed E-state index contributed by atoms with van der Waals surface area (Å²) in [5.41, 5.74) is -0.0187. The number of halogens is 2. The average molecular weight is 357 g/mol. The summed E-state index contributed by atoms with van der Waals surface area (Å²) in [6, 6.07) is 4.55. The van der Waals surface area contributed by atoms with Gasteiger partial charge in [-0.2, -0.15) is 0 Å². The van der Waals surface area contributed by atoms with E-state index in [1.807, 2.05) is 4.90 Å². The molecule has 1 aromatic rings. The molecule has 1 heterocycles. The van der Waals surface area contributed by atoms with Gasteiger partial charge in [-0.05, 0) is 47.3 Å². The Morgan fingerprint density at radius 3 is 2.67 bits per heavy atom. The Morgan fingerprint density at radius 2 is 1.95 bits per heavy atom. The van der Waals surface area contributed by atoms with Crippen molar-refractivity contribution in [2.75, 3.05) is 19.6 Å². The second-order valence-corrected chi connectivity index (χ2v) is 5.90. The molecule has 0 aliphatic carbocycles. The maximum absolute atomic E-state index is 13.7. The van der Waals surface area contributed by atoms with Crippen LogP contribution in [0, 0.1) is 5.82 Å². The smallest absolute Gasteiger partial charge is 0.254 e. The highest BCUT2D eigenvalue weighted by atomic mass is 79.9. The summed E-state index contributed by atoms with van der Waals surface area (Å²) < 4.78 is 14.0. The fourth-order valence-corrected chi connectivity index (χ4v) is 2.72. The molecule has 0 unspecified atom stereocenters. The summed E-state index contributed by atoms with van der Waals surface area (Å²) in [5, 5.41) is 2.59. The Hall–Kier alpha value is -1.43. The normalized spacial score (nSPS) is 14.9. The van der Waals surface area contributed by atoms with Gasteiger partial charge in [0.25, 0.3) is 5.91 Å². The molecule has 6 heteroatoms. The number of hydrogen-bond acceptors (Lipinski definition) is 2. The van der Waals surface area contributed by atoms with Gasteiger partial charge in [0.15, 0.2) is 0 Å². The lowest BCUT2D eigenvalue weighted by Gasteiger charge is -2.26. The molecule has 0 bridgehead atoms. The Balaban J connectivity index is 1.81. The first-order valence-electron chi connectivity index (χ1n) is 7.09. The zero-order valence-electron chi connectivity index (χ0n) is 11.7. The second-order valence-electron chi connectivity index (χ2n) is 5.05. The van der Waals surface area contributed by atoms with Crippen LogP contribution in [0.5, 0.6) is 0 Å². The first kappa shape index (κ1) is 15.9. The molecular formula is C15H18BrFN2O2. The summed E-state index contributed by atoms with van der Waals surface area (Å²) >= 11 is 3.04. The number of nitrogens with zero attached hydrogens (tertiary/aromatic N) is 1. The minimum Gasteiger partial charge on any atom is -0.351 e. The highest BCUT2D eigenvalue weighted by Gasteiger charge is 2.17. The van der Waals surface area contributed by atoms with Crippen LogP contribution in [-0.4, -0.2) is 36.3 Å². The predicted molar refractivity (Wildman–Crippen MR) is 81.5 cm³/mol. The molecule has 0 spiro atoms. The van der Waals surface area contributed by atoms with Crippen LogP contribution >= 0.6 is 15.9 Å². The molecule has 0 radical (unpaired) electrons. The minimum atomic E-state index is -0.586. The molecule has 0 atom stereocenters. The molecule has 21 heavy (non-hydrogen) atoms. The number of rotatable bonds is 4. The van der Waals surface area contributed by atoms with Crippen LogP contribution in [-0.2, 0) is 4.79 Å². The molecule has 0 saturated carbocycles. The summed E-state index contributed by atoms with van der Waals surface area (Å²) in [5.74, 6) is -1.04. The van der Waals surface area contributed by atoms with Crippen molar-refractivity contribution >= 4 is 27.7 Å². The van der Waals surface area contributed by atoms with Crippen LogP contribution in [0.4, 0.5) is 4.39 Å². The summed E-state index contributed by atoms with van der Waals surface area (Å²) in [6.07, 6.45) is 3.51. The number of benzene rings is 1.